The van der Waals surface area contributed by atoms with E-state index >= 15 is 0 Å². The molecule has 0 amide bonds. The standard InChI is InChI=1S/C42H84I2O3/c1-9-11-13-15-17-19-21-29-45-41(27-23-25-35(3)31-37(5)33-39(7)43)47-42(46-30-22-20-18-16-14-12-10-2)28-24-26-36(4)32-38(6)34-40(8)44/h35-42H,9-34H2,1-8H3. The fourth-order valence-corrected chi connectivity index (χ4v) is 9.01. The molecule has 284 valence electrons. The van der Waals surface area contributed by atoms with E-state index in [0.29, 0.717) is 0 Å². The first-order chi connectivity index (χ1) is 22.6. The van der Waals surface area contributed by atoms with E-state index in [9.17, 15) is 0 Å². The molecule has 0 heterocycles. The topological polar surface area (TPSA) is 27.7 Å². The first-order valence-corrected chi connectivity index (χ1v) is 23.2. The highest BCUT2D eigenvalue weighted by molar-refractivity contribution is 14.1. The van der Waals surface area contributed by atoms with Crippen LogP contribution in [-0.4, -0.2) is 33.6 Å². The molecule has 0 rings (SSSR count). The molecule has 0 saturated heterocycles. The fraction of sp³-hybridized carbons (Fsp3) is 1.00. The van der Waals surface area contributed by atoms with Crippen LogP contribution in [0.5, 0.6) is 0 Å². The molecule has 47 heavy (non-hydrogen) atoms. The molecule has 8 atom stereocenters. The van der Waals surface area contributed by atoms with Gasteiger partial charge in [0.2, 0.25) is 0 Å². The number of alkyl halides is 2. The van der Waals surface area contributed by atoms with Gasteiger partial charge in [-0.3, -0.25) is 0 Å². The summed E-state index contributed by atoms with van der Waals surface area (Å²) in [5.41, 5.74) is 0. The van der Waals surface area contributed by atoms with Gasteiger partial charge >= 0.3 is 0 Å². The summed E-state index contributed by atoms with van der Waals surface area (Å²) in [6.45, 7) is 20.6. The van der Waals surface area contributed by atoms with Gasteiger partial charge in [0, 0.05) is 21.1 Å². The van der Waals surface area contributed by atoms with E-state index in [1.807, 2.05) is 0 Å². The first kappa shape index (κ1) is 48.3. The minimum Gasteiger partial charge on any atom is -0.353 e. The van der Waals surface area contributed by atoms with Crippen LogP contribution >= 0.6 is 45.2 Å². The number of hydrogen-bond acceptors (Lipinski definition) is 3. The summed E-state index contributed by atoms with van der Waals surface area (Å²) in [4.78, 5) is 0. The molecule has 0 aliphatic heterocycles. The van der Waals surface area contributed by atoms with Gasteiger partial charge < -0.3 is 14.2 Å². The van der Waals surface area contributed by atoms with Gasteiger partial charge in [0.1, 0.15) is 0 Å². The molecular formula is C42H84I2O3. The quantitative estimate of drug-likeness (QED) is 0.0271. The first-order valence-electron chi connectivity index (χ1n) is 20.7. The number of halogens is 2. The average Bonchev–Trinajstić information content (AvgIpc) is 2.98. The number of rotatable bonds is 36. The lowest BCUT2D eigenvalue weighted by atomic mass is 9.90. The lowest BCUT2D eigenvalue weighted by Crippen LogP contribution is -2.28. The largest absolute Gasteiger partial charge is 0.353 e. The summed E-state index contributed by atoms with van der Waals surface area (Å²) in [5, 5.41) is 0. The summed E-state index contributed by atoms with van der Waals surface area (Å²) in [6.07, 6.45) is 30.2. The van der Waals surface area contributed by atoms with Crippen LogP contribution in [0.3, 0.4) is 0 Å². The molecule has 0 aliphatic rings. The maximum atomic E-state index is 6.75. The third-order valence-electron chi connectivity index (χ3n) is 9.74. The van der Waals surface area contributed by atoms with Crippen molar-refractivity contribution in [3.8, 4) is 0 Å². The van der Waals surface area contributed by atoms with Crippen molar-refractivity contribution in [1.82, 2.24) is 0 Å². The maximum absolute atomic E-state index is 6.75. The zero-order valence-corrected chi connectivity index (χ0v) is 37.3. The van der Waals surface area contributed by atoms with E-state index in [1.165, 1.54) is 128 Å². The third kappa shape index (κ3) is 34.2. The highest BCUT2D eigenvalue weighted by Crippen LogP contribution is 2.26. The molecule has 0 spiro atoms. The molecule has 8 unspecified atom stereocenters. The number of ether oxygens (including phenoxy) is 3. The summed E-state index contributed by atoms with van der Waals surface area (Å²) < 4.78 is 21.3. The van der Waals surface area contributed by atoms with E-state index in [-0.39, 0.29) is 12.6 Å². The second-order valence-corrected chi connectivity index (χ2v) is 20.0. The Morgan fingerprint density at radius 2 is 0.723 bits per heavy atom. The van der Waals surface area contributed by atoms with Gasteiger partial charge in [0.05, 0.1) is 0 Å². The van der Waals surface area contributed by atoms with Crippen LogP contribution in [0.4, 0.5) is 0 Å². The molecule has 0 saturated carbocycles. The highest BCUT2D eigenvalue weighted by atomic mass is 127. The van der Waals surface area contributed by atoms with Crippen molar-refractivity contribution in [3.05, 3.63) is 0 Å². The SMILES string of the molecule is CCCCCCCCCOC(CCCC(C)CC(C)CC(C)I)OC(CCCC(C)CC(C)CC(C)I)OCCCCCCCCC. The zero-order chi connectivity index (χ0) is 35.1. The zero-order valence-electron chi connectivity index (χ0n) is 33.0. The van der Waals surface area contributed by atoms with Gasteiger partial charge in [-0.15, -0.1) is 0 Å². The normalized spacial score (nSPS) is 17.2. The molecule has 0 aromatic rings. The molecule has 5 heteroatoms. The molecule has 0 aliphatic carbocycles. The predicted octanol–water partition coefficient (Wildman–Crippen LogP) is 15.3. The van der Waals surface area contributed by atoms with Crippen LogP contribution in [0.1, 0.15) is 209 Å². The highest BCUT2D eigenvalue weighted by Gasteiger charge is 2.20. The average molecular weight is 891 g/mol. The van der Waals surface area contributed by atoms with E-state index < -0.39 is 0 Å². The molecule has 0 aromatic carbocycles. The van der Waals surface area contributed by atoms with Gasteiger partial charge in [0.25, 0.3) is 0 Å². The van der Waals surface area contributed by atoms with E-state index in [0.717, 1.165) is 70.4 Å². The third-order valence-corrected chi connectivity index (χ3v) is 10.8. The van der Waals surface area contributed by atoms with Crippen molar-refractivity contribution in [2.75, 3.05) is 13.2 Å². The Morgan fingerprint density at radius 1 is 0.383 bits per heavy atom. The summed E-state index contributed by atoms with van der Waals surface area (Å²) in [5.74, 6) is 3.12. The van der Waals surface area contributed by atoms with E-state index in [1.54, 1.807) is 0 Å². The van der Waals surface area contributed by atoms with Crippen molar-refractivity contribution in [3.63, 3.8) is 0 Å². The van der Waals surface area contributed by atoms with Gasteiger partial charge in [0.15, 0.2) is 12.6 Å². The summed E-state index contributed by atoms with van der Waals surface area (Å²) in [6, 6.07) is 0. The smallest absolute Gasteiger partial charge is 0.160 e. The molecule has 0 bridgehead atoms. The van der Waals surface area contributed by atoms with Crippen LogP contribution < -0.4 is 0 Å². The Morgan fingerprint density at radius 3 is 1.06 bits per heavy atom. The van der Waals surface area contributed by atoms with Crippen LogP contribution in [-0.2, 0) is 14.2 Å². The second kappa shape index (κ2) is 34.4. The van der Waals surface area contributed by atoms with Crippen molar-refractivity contribution >= 4 is 45.2 Å². The molecule has 3 nitrogen and oxygen atoms in total. The minimum absolute atomic E-state index is 0.143. The second-order valence-electron chi connectivity index (χ2n) is 15.8. The van der Waals surface area contributed by atoms with Gasteiger partial charge in [-0.1, -0.05) is 190 Å². The van der Waals surface area contributed by atoms with Gasteiger partial charge in [-0.25, -0.2) is 0 Å². The molecule has 0 fully saturated rings. The Labute approximate surface area is 324 Å². The number of unbranched alkanes of at least 4 members (excludes halogenated alkanes) is 12. The molecule has 0 aromatic heterocycles. The van der Waals surface area contributed by atoms with E-state index in [4.69, 9.17) is 14.2 Å². The molecule has 0 N–H and O–H groups in total. The summed E-state index contributed by atoms with van der Waals surface area (Å²) >= 11 is 5.15. The Kier molecular flexibility index (Phi) is 35.4. The van der Waals surface area contributed by atoms with Crippen LogP contribution in [0.2, 0.25) is 0 Å². The lowest BCUT2D eigenvalue weighted by Gasteiger charge is -2.27. The summed E-state index contributed by atoms with van der Waals surface area (Å²) in [7, 11) is 0. The van der Waals surface area contributed by atoms with Crippen molar-refractivity contribution < 1.29 is 14.2 Å². The van der Waals surface area contributed by atoms with Gasteiger partial charge in [-0.2, -0.15) is 0 Å². The lowest BCUT2D eigenvalue weighted by molar-refractivity contribution is -0.250. The Bertz CT molecular complexity index is 579. The Hall–Kier alpha value is 1.34. The van der Waals surface area contributed by atoms with Crippen LogP contribution in [0, 0.1) is 23.7 Å². The predicted molar refractivity (Wildman–Crippen MR) is 226 cm³/mol. The van der Waals surface area contributed by atoms with Crippen LogP contribution in [0.25, 0.3) is 0 Å². The van der Waals surface area contributed by atoms with Crippen molar-refractivity contribution in [2.24, 2.45) is 23.7 Å². The monoisotopic (exact) mass is 890 g/mol. The fourth-order valence-electron chi connectivity index (χ4n) is 7.28. The van der Waals surface area contributed by atoms with Gasteiger partial charge in [-0.05, 0) is 87.9 Å². The number of hydrogen-bond donors (Lipinski definition) is 0. The van der Waals surface area contributed by atoms with Crippen molar-refractivity contribution in [2.45, 2.75) is 230 Å². The molecular weight excluding hydrogens is 806 g/mol. The van der Waals surface area contributed by atoms with Crippen LogP contribution in [0.15, 0.2) is 0 Å². The molecule has 0 radical (unpaired) electrons. The van der Waals surface area contributed by atoms with Crippen molar-refractivity contribution in [1.29, 1.82) is 0 Å². The Balaban J connectivity index is 5.10. The maximum Gasteiger partial charge on any atom is 0.160 e. The van der Waals surface area contributed by atoms with E-state index in [2.05, 4.69) is 101 Å². The minimum atomic E-state index is -0.143.